The fourth-order valence-corrected chi connectivity index (χ4v) is 3.44. The number of nitrogens with zero attached hydrogens (tertiary/aromatic N) is 2. The first-order chi connectivity index (χ1) is 15.1. The lowest BCUT2D eigenvalue weighted by molar-refractivity contribution is -0.112. The van der Waals surface area contributed by atoms with E-state index < -0.39 is 5.91 Å². The summed E-state index contributed by atoms with van der Waals surface area (Å²) in [4.78, 5) is 17.0. The van der Waals surface area contributed by atoms with Gasteiger partial charge in [-0.1, -0.05) is 37.6 Å². The number of ether oxygens (including phenoxy) is 2. The molecular weight excluding hydrogens is 410 g/mol. The average molecular weight is 434 g/mol. The summed E-state index contributed by atoms with van der Waals surface area (Å²) in [6, 6.07) is 16.8. The predicted molar refractivity (Wildman–Crippen MR) is 123 cm³/mol. The van der Waals surface area contributed by atoms with Crippen LogP contribution in [-0.4, -0.2) is 24.6 Å². The normalized spacial score (nSPS) is 10.9. The Kier molecular flexibility index (Phi) is 7.79. The van der Waals surface area contributed by atoms with Crippen molar-refractivity contribution in [3.63, 3.8) is 0 Å². The first kappa shape index (κ1) is 22.1. The number of amides is 1. The van der Waals surface area contributed by atoms with Crippen molar-refractivity contribution in [1.82, 2.24) is 4.98 Å². The quantitative estimate of drug-likeness (QED) is 0.272. The van der Waals surface area contributed by atoms with Crippen molar-refractivity contribution in [2.75, 3.05) is 19.0 Å². The number of benzene rings is 2. The molecule has 0 saturated heterocycles. The van der Waals surface area contributed by atoms with Crippen molar-refractivity contribution in [1.29, 1.82) is 5.26 Å². The number of carbonyl (C=O) groups excluding carboxylic acids is 1. The van der Waals surface area contributed by atoms with Crippen LogP contribution in [0.1, 0.15) is 25.3 Å². The number of nitriles is 1. The maximum Gasteiger partial charge on any atom is 0.268 e. The van der Waals surface area contributed by atoms with E-state index in [1.54, 1.807) is 13.2 Å². The molecule has 0 radical (unpaired) electrons. The number of thiazole rings is 1. The number of nitrogens with one attached hydrogen (secondary N) is 1. The van der Waals surface area contributed by atoms with Crippen LogP contribution in [0.4, 0.5) is 5.13 Å². The van der Waals surface area contributed by atoms with Gasteiger partial charge in [0.15, 0.2) is 5.13 Å². The summed E-state index contributed by atoms with van der Waals surface area (Å²) in [6.07, 6.45) is 3.61. The number of anilines is 1. The molecule has 1 heterocycles. The summed E-state index contributed by atoms with van der Waals surface area (Å²) < 4.78 is 10.9. The Bertz CT molecular complexity index is 1100. The lowest BCUT2D eigenvalue weighted by Crippen LogP contribution is -2.13. The molecule has 6 nitrogen and oxygen atoms in total. The third kappa shape index (κ3) is 6.17. The minimum Gasteiger partial charge on any atom is -0.497 e. The van der Waals surface area contributed by atoms with Crippen LogP contribution in [0, 0.1) is 11.3 Å². The van der Waals surface area contributed by atoms with Crippen molar-refractivity contribution >= 4 is 28.5 Å². The zero-order valence-electron chi connectivity index (χ0n) is 17.4. The van der Waals surface area contributed by atoms with Gasteiger partial charge >= 0.3 is 0 Å². The summed E-state index contributed by atoms with van der Waals surface area (Å²) >= 11 is 1.29. The summed E-state index contributed by atoms with van der Waals surface area (Å²) in [6.45, 7) is 2.78. The number of unbranched alkanes of at least 4 members (excludes halogenated alkanes) is 1. The molecule has 3 aromatic rings. The Labute approximate surface area is 185 Å². The molecule has 31 heavy (non-hydrogen) atoms. The van der Waals surface area contributed by atoms with Gasteiger partial charge in [0, 0.05) is 10.9 Å². The van der Waals surface area contributed by atoms with Crippen molar-refractivity contribution in [2.24, 2.45) is 0 Å². The van der Waals surface area contributed by atoms with E-state index in [9.17, 15) is 10.1 Å². The van der Waals surface area contributed by atoms with Gasteiger partial charge in [-0.2, -0.15) is 5.26 Å². The van der Waals surface area contributed by atoms with Crippen LogP contribution in [0.3, 0.4) is 0 Å². The standard InChI is InChI=1S/C24H23N3O3S/c1-3-4-12-30-20-10-8-17(9-11-20)13-19(15-25)23(28)27-24-26-22(16-31-24)18-6-5-7-21(14-18)29-2/h5-11,13-14,16H,3-4,12H2,1-2H3,(H,26,27,28)/b19-13+. The molecule has 3 rings (SSSR count). The fourth-order valence-electron chi connectivity index (χ4n) is 2.72. The van der Waals surface area contributed by atoms with E-state index in [0.29, 0.717) is 11.7 Å². The number of hydrogen-bond donors (Lipinski definition) is 1. The molecule has 0 aliphatic heterocycles. The molecule has 1 N–H and O–H groups in total. The molecule has 0 bridgehead atoms. The molecule has 0 fully saturated rings. The fraction of sp³-hybridized carbons (Fsp3) is 0.208. The van der Waals surface area contributed by atoms with Gasteiger partial charge in [-0.25, -0.2) is 4.98 Å². The van der Waals surface area contributed by atoms with Gasteiger partial charge in [-0.3, -0.25) is 10.1 Å². The maximum atomic E-state index is 12.6. The van der Waals surface area contributed by atoms with Crippen LogP contribution in [0.25, 0.3) is 17.3 Å². The molecule has 0 aliphatic rings. The highest BCUT2D eigenvalue weighted by Gasteiger charge is 2.13. The smallest absolute Gasteiger partial charge is 0.268 e. The van der Waals surface area contributed by atoms with Gasteiger partial charge < -0.3 is 9.47 Å². The van der Waals surface area contributed by atoms with Gasteiger partial charge in [0.1, 0.15) is 23.1 Å². The molecule has 0 atom stereocenters. The zero-order valence-corrected chi connectivity index (χ0v) is 18.2. The van der Waals surface area contributed by atoms with Crippen LogP contribution < -0.4 is 14.8 Å². The first-order valence-corrected chi connectivity index (χ1v) is 10.8. The van der Waals surface area contributed by atoms with E-state index in [-0.39, 0.29) is 5.57 Å². The van der Waals surface area contributed by atoms with Crippen LogP contribution in [0.2, 0.25) is 0 Å². The number of carbonyl (C=O) groups is 1. The Hall–Kier alpha value is -3.63. The maximum absolute atomic E-state index is 12.6. The number of methoxy groups -OCH3 is 1. The van der Waals surface area contributed by atoms with Crippen LogP contribution in [0.5, 0.6) is 11.5 Å². The van der Waals surface area contributed by atoms with Crippen molar-refractivity contribution in [3.8, 4) is 28.8 Å². The predicted octanol–water partition coefficient (Wildman–Crippen LogP) is 5.54. The van der Waals surface area contributed by atoms with E-state index in [2.05, 4.69) is 17.2 Å². The van der Waals surface area contributed by atoms with Gasteiger partial charge in [-0.15, -0.1) is 11.3 Å². The van der Waals surface area contributed by atoms with E-state index >= 15 is 0 Å². The van der Waals surface area contributed by atoms with E-state index in [0.717, 1.165) is 41.2 Å². The summed E-state index contributed by atoms with van der Waals surface area (Å²) in [5, 5.41) is 14.4. The zero-order chi connectivity index (χ0) is 22.1. The summed E-state index contributed by atoms with van der Waals surface area (Å²) in [7, 11) is 1.61. The van der Waals surface area contributed by atoms with Crippen molar-refractivity contribution in [2.45, 2.75) is 19.8 Å². The Balaban J connectivity index is 1.67. The first-order valence-electron chi connectivity index (χ1n) is 9.89. The minimum atomic E-state index is -0.502. The number of aromatic nitrogens is 1. The second-order valence-electron chi connectivity index (χ2n) is 6.66. The Morgan fingerprint density at radius 2 is 2.03 bits per heavy atom. The highest BCUT2D eigenvalue weighted by atomic mass is 32.1. The van der Waals surface area contributed by atoms with E-state index in [1.807, 2.05) is 60.0 Å². The highest BCUT2D eigenvalue weighted by molar-refractivity contribution is 7.14. The average Bonchev–Trinajstić information content (AvgIpc) is 3.27. The largest absolute Gasteiger partial charge is 0.497 e. The van der Waals surface area contributed by atoms with Crippen LogP contribution in [-0.2, 0) is 4.79 Å². The van der Waals surface area contributed by atoms with E-state index in [4.69, 9.17) is 9.47 Å². The summed E-state index contributed by atoms with van der Waals surface area (Å²) in [5.74, 6) is 0.992. The third-order valence-electron chi connectivity index (χ3n) is 4.41. The molecule has 1 aromatic heterocycles. The Morgan fingerprint density at radius 1 is 1.23 bits per heavy atom. The molecular formula is C24H23N3O3S. The lowest BCUT2D eigenvalue weighted by atomic mass is 10.1. The molecule has 0 unspecified atom stereocenters. The highest BCUT2D eigenvalue weighted by Crippen LogP contribution is 2.27. The van der Waals surface area contributed by atoms with E-state index in [1.165, 1.54) is 11.3 Å². The SMILES string of the molecule is CCCCOc1ccc(/C=C(\C#N)C(=O)Nc2nc(-c3cccc(OC)c3)cs2)cc1. The molecule has 7 heteroatoms. The van der Waals surface area contributed by atoms with Gasteiger partial charge in [-0.05, 0) is 42.3 Å². The van der Waals surface area contributed by atoms with Crippen molar-refractivity contribution < 1.29 is 14.3 Å². The van der Waals surface area contributed by atoms with Crippen LogP contribution >= 0.6 is 11.3 Å². The van der Waals surface area contributed by atoms with Crippen molar-refractivity contribution in [3.05, 3.63) is 65.0 Å². The Morgan fingerprint density at radius 3 is 2.74 bits per heavy atom. The number of hydrogen-bond acceptors (Lipinski definition) is 6. The molecule has 2 aromatic carbocycles. The van der Waals surface area contributed by atoms with Gasteiger partial charge in [0.2, 0.25) is 0 Å². The summed E-state index contributed by atoms with van der Waals surface area (Å²) in [5.41, 5.74) is 2.34. The molecule has 1 amide bonds. The van der Waals surface area contributed by atoms with Gasteiger partial charge in [0.05, 0.1) is 19.4 Å². The lowest BCUT2D eigenvalue weighted by Gasteiger charge is -2.05. The third-order valence-corrected chi connectivity index (χ3v) is 5.17. The molecule has 0 saturated carbocycles. The number of rotatable bonds is 9. The van der Waals surface area contributed by atoms with Gasteiger partial charge in [0.25, 0.3) is 5.91 Å². The topological polar surface area (TPSA) is 84.2 Å². The minimum absolute atomic E-state index is 0.00205. The van der Waals surface area contributed by atoms with Crippen LogP contribution in [0.15, 0.2) is 59.5 Å². The monoisotopic (exact) mass is 433 g/mol. The second kappa shape index (κ2) is 11.0. The molecule has 0 spiro atoms. The molecule has 158 valence electrons. The molecule has 0 aliphatic carbocycles. The second-order valence-corrected chi connectivity index (χ2v) is 7.52.